The second kappa shape index (κ2) is 4.78. The molecule has 18 heavy (non-hydrogen) atoms. The monoisotopic (exact) mass is 281 g/mol. The van der Waals surface area contributed by atoms with Crippen molar-refractivity contribution in [2.24, 2.45) is 10.7 Å². The number of guanidine groups is 1. The average molecular weight is 281 g/mol. The summed E-state index contributed by atoms with van der Waals surface area (Å²) in [7, 11) is 0. The second-order valence-corrected chi connectivity index (χ2v) is 7.54. The van der Waals surface area contributed by atoms with E-state index in [0.29, 0.717) is 5.25 Å². The van der Waals surface area contributed by atoms with Crippen molar-refractivity contribution in [3.63, 3.8) is 0 Å². The largest absolute Gasteiger partial charge is 0.370 e. The van der Waals surface area contributed by atoms with Crippen molar-refractivity contribution in [2.75, 3.05) is 12.3 Å². The zero-order chi connectivity index (χ0) is 12.6. The summed E-state index contributed by atoms with van der Waals surface area (Å²) in [5, 5.41) is 2.74. The van der Waals surface area contributed by atoms with Crippen molar-refractivity contribution >= 4 is 29.1 Å². The number of nitrogens with zero attached hydrogens (tertiary/aromatic N) is 2. The molecule has 1 spiro atoms. The Bertz CT molecular complexity index is 443. The third-order valence-corrected chi connectivity index (χ3v) is 6.43. The topological polar surface area (TPSA) is 41.6 Å². The van der Waals surface area contributed by atoms with Gasteiger partial charge in [0.2, 0.25) is 0 Å². The Kier molecular flexibility index (Phi) is 3.28. The van der Waals surface area contributed by atoms with Gasteiger partial charge in [0.1, 0.15) is 0 Å². The summed E-state index contributed by atoms with van der Waals surface area (Å²) in [5.74, 6) is 2.01. The molecule has 0 aromatic carbocycles. The Morgan fingerprint density at radius 2 is 2.50 bits per heavy atom. The highest BCUT2D eigenvalue weighted by molar-refractivity contribution is 8.00. The van der Waals surface area contributed by atoms with Crippen molar-refractivity contribution < 1.29 is 0 Å². The van der Waals surface area contributed by atoms with Gasteiger partial charge in [-0.1, -0.05) is 13.0 Å². The summed E-state index contributed by atoms with van der Waals surface area (Å²) in [6.07, 6.45) is 2.50. The number of nitrogens with two attached hydrogens (primary N) is 1. The predicted molar refractivity (Wildman–Crippen MR) is 80.2 cm³/mol. The number of aliphatic imine (C=N–C) groups is 1. The maximum absolute atomic E-state index is 6.13. The fourth-order valence-corrected chi connectivity index (χ4v) is 4.96. The third-order valence-electron chi connectivity index (χ3n) is 4.10. The molecular formula is C13H19N3S2. The first-order chi connectivity index (χ1) is 8.72. The van der Waals surface area contributed by atoms with Gasteiger partial charge in [0.15, 0.2) is 5.96 Å². The molecule has 0 aliphatic carbocycles. The number of rotatable bonds is 2. The minimum absolute atomic E-state index is 0.164. The molecule has 3 rings (SSSR count). The molecule has 0 radical (unpaired) electrons. The lowest BCUT2D eigenvalue weighted by atomic mass is 9.88. The van der Waals surface area contributed by atoms with Gasteiger partial charge in [-0.2, -0.15) is 11.8 Å². The van der Waals surface area contributed by atoms with Crippen LogP contribution in [0.15, 0.2) is 22.5 Å². The number of thiophene rings is 1. The Morgan fingerprint density at radius 3 is 3.22 bits per heavy atom. The van der Waals surface area contributed by atoms with Crippen LogP contribution in [0.5, 0.6) is 0 Å². The van der Waals surface area contributed by atoms with E-state index in [4.69, 9.17) is 5.73 Å². The molecule has 0 amide bonds. The van der Waals surface area contributed by atoms with Gasteiger partial charge < -0.3 is 10.6 Å². The van der Waals surface area contributed by atoms with Gasteiger partial charge in [0, 0.05) is 10.1 Å². The van der Waals surface area contributed by atoms with Crippen LogP contribution in [0.2, 0.25) is 0 Å². The van der Waals surface area contributed by atoms with E-state index < -0.39 is 0 Å². The Morgan fingerprint density at radius 1 is 1.61 bits per heavy atom. The number of thioether (sulfide) groups is 1. The van der Waals surface area contributed by atoms with E-state index in [1.165, 1.54) is 23.5 Å². The lowest BCUT2D eigenvalue weighted by Gasteiger charge is -2.46. The van der Waals surface area contributed by atoms with Crippen LogP contribution in [0.4, 0.5) is 0 Å². The smallest absolute Gasteiger partial charge is 0.192 e. The van der Waals surface area contributed by atoms with Crippen molar-refractivity contribution in [1.82, 2.24) is 4.90 Å². The van der Waals surface area contributed by atoms with Gasteiger partial charge in [-0.05, 0) is 30.0 Å². The molecule has 0 bridgehead atoms. The van der Waals surface area contributed by atoms with Gasteiger partial charge in [-0.3, -0.25) is 4.99 Å². The molecule has 1 aromatic rings. The predicted octanol–water partition coefficient (Wildman–Crippen LogP) is 2.53. The highest BCUT2D eigenvalue weighted by atomic mass is 32.2. The van der Waals surface area contributed by atoms with Crippen LogP contribution in [0.1, 0.15) is 24.6 Å². The first kappa shape index (κ1) is 12.4. The molecule has 1 fully saturated rings. The minimum Gasteiger partial charge on any atom is -0.370 e. The summed E-state index contributed by atoms with van der Waals surface area (Å²) in [6, 6.07) is 4.29. The molecule has 2 N–H and O–H groups in total. The van der Waals surface area contributed by atoms with Gasteiger partial charge >= 0.3 is 0 Å². The first-order valence-electron chi connectivity index (χ1n) is 6.44. The SMILES string of the molecule is CC1SCCCC12CN=C(N)N2Cc1cccs1. The Hall–Kier alpha value is -0.680. The van der Waals surface area contributed by atoms with E-state index in [0.717, 1.165) is 19.0 Å². The van der Waals surface area contributed by atoms with Crippen LogP contribution in [0, 0.1) is 0 Å². The molecule has 0 saturated carbocycles. The fraction of sp³-hybridized carbons (Fsp3) is 0.615. The normalized spacial score (nSPS) is 31.9. The van der Waals surface area contributed by atoms with Gasteiger partial charge in [0.05, 0.1) is 18.6 Å². The molecule has 2 aliphatic rings. The zero-order valence-corrected chi connectivity index (χ0v) is 12.3. The summed E-state index contributed by atoms with van der Waals surface area (Å²) >= 11 is 3.87. The lowest BCUT2D eigenvalue weighted by Crippen LogP contribution is -2.57. The van der Waals surface area contributed by atoms with Crippen LogP contribution < -0.4 is 5.73 Å². The van der Waals surface area contributed by atoms with E-state index >= 15 is 0 Å². The van der Waals surface area contributed by atoms with E-state index in [1.807, 2.05) is 0 Å². The van der Waals surface area contributed by atoms with Crippen molar-refractivity contribution in [2.45, 2.75) is 37.1 Å². The Balaban J connectivity index is 1.86. The third kappa shape index (κ3) is 1.93. The molecular weight excluding hydrogens is 262 g/mol. The van der Waals surface area contributed by atoms with Crippen molar-refractivity contribution in [1.29, 1.82) is 0 Å². The fourth-order valence-electron chi connectivity index (χ4n) is 2.97. The maximum Gasteiger partial charge on any atom is 0.192 e. The first-order valence-corrected chi connectivity index (χ1v) is 8.37. The van der Waals surface area contributed by atoms with E-state index in [9.17, 15) is 0 Å². The Labute approximate surface area is 116 Å². The summed E-state index contributed by atoms with van der Waals surface area (Å²) < 4.78 is 0. The van der Waals surface area contributed by atoms with Crippen molar-refractivity contribution in [3.05, 3.63) is 22.4 Å². The van der Waals surface area contributed by atoms with Crippen LogP contribution in [0.25, 0.3) is 0 Å². The van der Waals surface area contributed by atoms with Gasteiger partial charge in [-0.15, -0.1) is 11.3 Å². The quantitative estimate of drug-likeness (QED) is 0.906. The molecule has 98 valence electrons. The lowest BCUT2D eigenvalue weighted by molar-refractivity contribution is 0.174. The van der Waals surface area contributed by atoms with E-state index in [2.05, 4.69) is 46.1 Å². The van der Waals surface area contributed by atoms with Crippen LogP contribution in [0.3, 0.4) is 0 Å². The number of hydrogen-bond acceptors (Lipinski definition) is 5. The molecule has 2 unspecified atom stereocenters. The molecule has 5 heteroatoms. The van der Waals surface area contributed by atoms with E-state index in [1.54, 1.807) is 11.3 Å². The van der Waals surface area contributed by atoms with Gasteiger partial charge in [0.25, 0.3) is 0 Å². The minimum atomic E-state index is 0.164. The average Bonchev–Trinajstić information content (AvgIpc) is 2.97. The van der Waals surface area contributed by atoms with E-state index in [-0.39, 0.29) is 5.54 Å². The molecule has 2 atom stereocenters. The summed E-state index contributed by atoms with van der Waals surface area (Å²) in [5.41, 5.74) is 6.30. The summed E-state index contributed by atoms with van der Waals surface area (Å²) in [4.78, 5) is 8.27. The van der Waals surface area contributed by atoms with Crippen molar-refractivity contribution in [3.8, 4) is 0 Å². The molecule has 1 saturated heterocycles. The highest BCUT2D eigenvalue weighted by Crippen LogP contribution is 2.41. The van der Waals surface area contributed by atoms with Crippen LogP contribution >= 0.6 is 23.1 Å². The molecule has 3 heterocycles. The zero-order valence-electron chi connectivity index (χ0n) is 10.6. The van der Waals surface area contributed by atoms with Crippen LogP contribution in [-0.2, 0) is 6.54 Å². The highest BCUT2D eigenvalue weighted by Gasteiger charge is 2.47. The maximum atomic E-state index is 6.13. The molecule has 3 nitrogen and oxygen atoms in total. The second-order valence-electron chi connectivity index (χ2n) is 5.06. The standard InChI is InChI=1S/C13H19N3S2/c1-10-13(5-3-7-17-10)9-15-12(14)16(13)8-11-4-2-6-18-11/h2,4,6,10H,3,5,7-9H2,1H3,(H2,14,15). The van der Waals surface area contributed by atoms with Gasteiger partial charge in [-0.25, -0.2) is 0 Å². The number of hydrogen-bond donors (Lipinski definition) is 1. The summed E-state index contributed by atoms with van der Waals surface area (Å²) in [6.45, 7) is 4.12. The van der Waals surface area contributed by atoms with Crippen LogP contribution in [-0.4, -0.2) is 33.9 Å². The molecule has 2 aliphatic heterocycles. The molecule has 1 aromatic heterocycles.